The van der Waals surface area contributed by atoms with E-state index in [9.17, 15) is 13.5 Å². The Balaban J connectivity index is 1.85. The van der Waals surface area contributed by atoms with Crippen LogP contribution in [0.3, 0.4) is 0 Å². The van der Waals surface area contributed by atoms with Crippen LogP contribution in [0.25, 0.3) is 22.0 Å². The number of aromatic nitrogens is 1. The lowest BCUT2D eigenvalue weighted by Gasteiger charge is -2.28. The molecule has 158 valence electrons. The third-order valence-corrected chi connectivity index (χ3v) is 7.05. The van der Waals surface area contributed by atoms with Crippen molar-refractivity contribution < 1.29 is 13.5 Å². The Labute approximate surface area is 181 Å². The number of hydrogen-bond acceptors (Lipinski definition) is 6. The first-order valence-electron chi connectivity index (χ1n) is 9.86. The summed E-state index contributed by atoms with van der Waals surface area (Å²) < 4.78 is 25.0. The Morgan fingerprint density at radius 3 is 2.43 bits per heavy atom. The average molecular weight is 446 g/mol. The van der Waals surface area contributed by atoms with E-state index in [2.05, 4.69) is 10.3 Å². The first-order chi connectivity index (χ1) is 14.2. The van der Waals surface area contributed by atoms with Crippen LogP contribution in [0.15, 0.2) is 47.5 Å². The number of nitrogens with two attached hydrogens (primary N) is 1. The number of phenolic OH excluding ortho intramolecular Hbond substituents is 1. The maximum Gasteiger partial charge on any atom is 0.179 e. The molecule has 0 unspecified atom stereocenters. The molecule has 1 aliphatic rings. The summed E-state index contributed by atoms with van der Waals surface area (Å²) in [7, 11) is -3.48. The van der Waals surface area contributed by atoms with Gasteiger partial charge < -0.3 is 16.2 Å². The minimum absolute atomic E-state index is 0.0140. The summed E-state index contributed by atoms with van der Waals surface area (Å²) in [5, 5.41) is 14.2. The van der Waals surface area contributed by atoms with Gasteiger partial charge in [-0.15, -0.1) is 0 Å². The zero-order valence-electron chi connectivity index (χ0n) is 16.6. The molecule has 6 nitrogen and oxygen atoms in total. The van der Waals surface area contributed by atoms with Crippen LogP contribution in [0, 0.1) is 0 Å². The molecule has 0 amide bonds. The van der Waals surface area contributed by atoms with Crippen LogP contribution in [0.2, 0.25) is 5.02 Å². The van der Waals surface area contributed by atoms with E-state index in [0.29, 0.717) is 11.2 Å². The van der Waals surface area contributed by atoms with Gasteiger partial charge in [0.25, 0.3) is 0 Å². The number of nitrogens with one attached hydrogen (secondary N) is 1. The number of nitrogens with zero attached hydrogens (tertiary/aromatic N) is 1. The standard InChI is InChI=1S/C22H24ClN3O3S/c1-30(28,29)21-12-25-19-8-2-13(14-3-9-20(27)18(23)11-14)10-17(19)22(21)26-16-6-4-15(24)5-7-16/h2-3,8-12,15-16,27H,4-7,24H2,1H3,(H,25,26)/t15-,16-. The first kappa shape index (κ1) is 20.9. The molecule has 8 heteroatoms. The Kier molecular flexibility index (Phi) is 5.61. The summed E-state index contributed by atoms with van der Waals surface area (Å²) >= 11 is 6.07. The predicted octanol–water partition coefficient (Wildman–Crippen LogP) is 4.35. The van der Waals surface area contributed by atoms with Crippen molar-refractivity contribution in [2.75, 3.05) is 11.6 Å². The van der Waals surface area contributed by atoms with Crippen molar-refractivity contribution in [2.24, 2.45) is 5.73 Å². The molecule has 0 spiro atoms. The van der Waals surface area contributed by atoms with Gasteiger partial charge in [0.05, 0.1) is 16.2 Å². The fourth-order valence-corrected chi connectivity index (χ4v) is 4.90. The van der Waals surface area contributed by atoms with Gasteiger partial charge in [-0.2, -0.15) is 0 Å². The Morgan fingerprint density at radius 1 is 1.10 bits per heavy atom. The molecule has 3 aromatic rings. The second-order valence-corrected chi connectivity index (χ2v) is 10.3. The molecule has 4 rings (SSSR count). The van der Waals surface area contributed by atoms with Crippen LogP contribution in [-0.4, -0.2) is 36.8 Å². The largest absolute Gasteiger partial charge is 0.506 e. The van der Waals surface area contributed by atoms with Crippen molar-refractivity contribution in [1.29, 1.82) is 0 Å². The maximum atomic E-state index is 12.5. The normalized spacial score (nSPS) is 19.7. The number of benzene rings is 2. The average Bonchev–Trinajstić information content (AvgIpc) is 2.70. The number of anilines is 1. The van der Waals surface area contributed by atoms with Crippen LogP contribution in [-0.2, 0) is 9.84 Å². The smallest absolute Gasteiger partial charge is 0.179 e. The highest BCUT2D eigenvalue weighted by Gasteiger charge is 2.23. The SMILES string of the molecule is CS(=O)(=O)c1cnc2ccc(-c3ccc(O)c(Cl)c3)cc2c1N[C@H]1CC[C@H](N)CC1. The van der Waals surface area contributed by atoms with Gasteiger partial charge >= 0.3 is 0 Å². The fourth-order valence-electron chi connectivity index (χ4n) is 3.94. The topological polar surface area (TPSA) is 105 Å². The monoisotopic (exact) mass is 445 g/mol. The van der Waals surface area contributed by atoms with E-state index >= 15 is 0 Å². The molecule has 1 aliphatic carbocycles. The summed E-state index contributed by atoms with van der Waals surface area (Å²) in [6.07, 6.45) is 6.22. The molecule has 0 saturated heterocycles. The van der Waals surface area contributed by atoms with Crippen molar-refractivity contribution in [1.82, 2.24) is 4.98 Å². The van der Waals surface area contributed by atoms with E-state index in [-0.39, 0.29) is 27.8 Å². The van der Waals surface area contributed by atoms with Crippen LogP contribution >= 0.6 is 11.6 Å². The summed E-state index contributed by atoms with van der Waals surface area (Å²) in [6, 6.07) is 11.0. The molecule has 1 aromatic heterocycles. The van der Waals surface area contributed by atoms with E-state index in [1.165, 1.54) is 18.5 Å². The van der Waals surface area contributed by atoms with Crippen LogP contribution in [0.1, 0.15) is 25.7 Å². The molecule has 1 heterocycles. The first-order valence-corrected chi connectivity index (χ1v) is 12.1. The molecule has 0 aliphatic heterocycles. The molecule has 4 N–H and O–H groups in total. The second kappa shape index (κ2) is 8.06. The second-order valence-electron chi connectivity index (χ2n) is 7.92. The van der Waals surface area contributed by atoms with Gasteiger partial charge in [0, 0.05) is 29.9 Å². The zero-order valence-corrected chi connectivity index (χ0v) is 18.2. The number of phenols is 1. The zero-order chi connectivity index (χ0) is 21.5. The minimum atomic E-state index is -3.48. The molecule has 1 saturated carbocycles. The molecule has 30 heavy (non-hydrogen) atoms. The Bertz CT molecular complexity index is 1210. The van der Waals surface area contributed by atoms with Crippen LogP contribution in [0.5, 0.6) is 5.75 Å². The fraction of sp³-hybridized carbons (Fsp3) is 0.318. The summed E-state index contributed by atoms with van der Waals surface area (Å²) in [5.41, 5.74) is 8.97. The van der Waals surface area contributed by atoms with E-state index < -0.39 is 9.84 Å². The van der Waals surface area contributed by atoms with Crippen molar-refractivity contribution in [3.63, 3.8) is 0 Å². The number of aromatic hydroxyl groups is 1. The van der Waals surface area contributed by atoms with Gasteiger partial charge in [0.15, 0.2) is 9.84 Å². The Morgan fingerprint density at radius 2 is 1.77 bits per heavy atom. The summed E-state index contributed by atoms with van der Waals surface area (Å²) in [4.78, 5) is 4.56. The molecule has 0 radical (unpaired) electrons. The summed E-state index contributed by atoms with van der Waals surface area (Å²) in [6.45, 7) is 0. The molecule has 0 bridgehead atoms. The van der Waals surface area contributed by atoms with Gasteiger partial charge in [-0.05, 0) is 61.1 Å². The van der Waals surface area contributed by atoms with Gasteiger partial charge in [-0.25, -0.2) is 8.42 Å². The lowest BCUT2D eigenvalue weighted by atomic mass is 9.91. The minimum Gasteiger partial charge on any atom is -0.506 e. The van der Waals surface area contributed by atoms with Gasteiger partial charge in [0.1, 0.15) is 10.6 Å². The molecule has 2 aromatic carbocycles. The van der Waals surface area contributed by atoms with Crippen LogP contribution in [0.4, 0.5) is 5.69 Å². The Hall–Kier alpha value is -2.35. The predicted molar refractivity (Wildman–Crippen MR) is 121 cm³/mol. The number of rotatable bonds is 4. The van der Waals surface area contributed by atoms with Gasteiger partial charge in [-0.1, -0.05) is 23.7 Å². The van der Waals surface area contributed by atoms with E-state index in [1.807, 2.05) is 18.2 Å². The quantitative estimate of drug-likeness (QED) is 0.551. The van der Waals surface area contributed by atoms with Crippen LogP contribution < -0.4 is 11.1 Å². The summed E-state index contributed by atoms with van der Waals surface area (Å²) in [5.74, 6) is 0.0140. The molecular formula is C22H24ClN3O3S. The van der Waals surface area contributed by atoms with E-state index in [1.54, 1.807) is 12.1 Å². The van der Waals surface area contributed by atoms with E-state index in [4.69, 9.17) is 17.3 Å². The van der Waals surface area contributed by atoms with E-state index in [0.717, 1.165) is 42.2 Å². The lowest BCUT2D eigenvalue weighted by Crippen LogP contribution is -2.33. The highest BCUT2D eigenvalue weighted by atomic mass is 35.5. The molecular weight excluding hydrogens is 422 g/mol. The lowest BCUT2D eigenvalue weighted by molar-refractivity contribution is 0.411. The number of sulfone groups is 1. The highest BCUT2D eigenvalue weighted by Crippen LogP contribution is 2.36. The third-order valence-electron chi connectivity index (χ3n) is 5.63. The van der Waals surface area contributed by atoms with Crippen molar-refractivity contribution in [3.05, 3.63) is 47.6 Å². The maximum absolute atomic E-state index is 12.5. The van der Waals surface area contributed by atoms with Crippen molar-refractivity contribution in [2.45, 2.75) is 42.7 Å². The van der Waals surface area contributed by atoms with Gasteiger partial charge in [0.2, 0.25) is 0 Å². The number of fused-ring (bicyclic) bond motifs is 1. The van der Waals surface area contributed by atoms with Crippen molar-refractivity contribution >= 4 is 38.0 Å². The van der Waals surface area contributed by atoms with Crippen molar-refractivity contribution in [3.8, 4) is 16.9 Å². The number of halogens is 1. The third kappa shape index (κ3) is 4.24. The molecule has 0 atom stereocenters. The number of pyridine rings is 1. The number of hydrogen-bond donors (Lipinski definition) is 3. The molecule has 1 fully saturated rings. The van der Waals surface area contributed by atoms with Gasteiger partial charge in [-0.3, -0.25) is 4.98 Å². The highest BCUT2D eigenvalue weighted by molar-refractivity contribution is 7.90.